The third-order valence-electron chi connectivity index (χ3n) is 2.86. The molecule has 1 aliphatic heterocycles. The van der Waals surface area contributed by atoms with E-state index in [0.29, 0.717) is 10.2 Å². The Bertz CT molecular complexity index is 655. The number of benzene rings is 2. The third-order valence-corrected chi connectivity index (χ3v) is 4.25. The molecule has 100 valence electrons. The minimum atomic E-state index is -0.234. The van der Waals surface area contributed by atoms with Gasteiger partial charge in [-0.1, -0.05) is 53.7 Å². The lowest BCUT2D eigenvalue weighted by Gasteiger charge is -2.03. The van der Waals surface area contributed by atoms with Crippen molar-refractivity contribution < 1.29 is 4.79 Å². The molecule has 1 N–H and O–H groups in total. The quantitative estimate of drug-likeness (QED) is 0.913. The number of hydrogen-bond acceptors (Lipinski definition) is 3. The SMILES string of the molecule is O=C1NC(=Nc2ccc(Cl)cc2)SC1c1ccccc1. The minimum Gasteiger partial charge on any atom is -0.304 e. The first-order valence-electron chi connectivity index (χ1n) is 6.09. The average molecular weight is 303 g/mol. The van der Waals surface area contributed by atoms with Crippen molar-refractivity contribution in [1.82, 2.24) is 5.32 Å². The van der Waals surface area contributed by atoms with Gasteiger partial charge in [0, 0.05) is 5.02 Å². The molecule has 1 saturated heterocycles. The van der Waals surface area contributed by atoms with Gasteiger partial charge in [-0.05, 0) is 29.8 Å². The van der Waals surface area contributed by atoms with Crippen LogP contribution in [0.15, 0.2) is 59.6 Å². The first-order chi connectivity index (χ1) is 9.72. The molecule has 20 heavy (non-hydrogen) atoms. The third kappa shape index (κ3) is 2.86. The number of carbonyl (C=O) groups is 1. The van der Waals surface area contributed by atoms with Crippen LogP contribution in [0.3, 0.4) is 0 Å². The summed E-state index contributed by atoms with van der Waals surface area (Å²) in [6.07, 6.45) is 0. The molecular weight excluding hydrogens is 292 g/mol. The van der Waals surface area contributed by atoms with Crippen LogP contribution in [0, 0.1) is 0 Å². The number of carbonyl (C=O) groups excluding carboxylic acids is 1. The predicted octanol–water partition coefficient (Wildman–Crippen LogP) is 3.93. The average Bonchev–Trinajstić information content (AvgIpc) is 2.83. The molecule has 3 rings (SSSR count). The van der Waals surface area contributed by atoms with E-state index in [-0.39, 0.29) is 11.2 Å². The van der Waals surface area contributed by atoms with Crippen molar-refractivity contribution in [3.05, 3.63) is 65.2 Å². The number of hydrogen-bond donors (Lipinski definition) is 1. The number of nitrogens with one attached hydrogen (secondary N) is 1. The molecule has 0 spiro atoms. The second-order valence-electron chi connectivity index (χ2n) is 4.29. The van der Waals surface area contributed by atoms with Crippen LogP contribution >= 0.6 is 23.4 Å². The van der Waals surface area contributed by atoms with Crippen LogP contribution in [0.25, 0.3) is 0 Å². The van der Waals surface area contributed by atoms with Gasteiger partial charge in [0.2, 0.25) is 5.91 Å². The van der Waals surface area contributed by atoms with Crippen molar-refractivity contribution in [3.63, 3.8) is 0 Å². The van der Waals surface area contributed by atoms with Gasteiger partial charge in [0.25, 0.3) is 0 Å². The van der Waals surface area contributed by atoms with Gasteiger partial charge < -0.3 is 5.32 Å². The molecular formula is C15H11ClN2OS. The molecule has 2 aromatic rings. The summed E-state index contributed by atoms with van der Waals surface area (Å²) in [5, 5.41) is 3.86. The topological polar surface area (TPSA) is 41.5 Å². The largest absolute Gasteiger partial charge is 0.304 e. The fourth-order valence-electron chi connectivity index (χ4n) is 1.90. The highest BCUT2D eigenvalue weighted by molar-refractivity contribution is 8.15. The smallest absolute Gasteiger partial charge is 0.244 e. The summed E-state index contributed by atoms with van der Waals surface area (Å²) < 4.78 is 0. The summed E-state index contributed by atoms with van der Waals surface area (Å²) in [5.74, 6) is -0.0334. The molecule has 0 saturated carbocycles. The highest BCUT2D eigenvalue weighted by Gasteiger charge is 2.31. The normalized spacial score (nSPS) is 20.1. The Hall–Kier alpha value is -1.78. The van der Waals surface area contributed by atoms with Gasteiger partial charge in [-0.3, -0.25) is 4.79 Å². The van der Waals surface area contributed by atoms with Gasteiger partial charge in [0.15, 0.2) is 5.17 Å². The zero-order chi connectivity index (χ0) is 13.9. The van der Waals surface area contributed by atoms with Crippen molar-refractivity contribution >= 4 is 40.1 Å². The van der Waals surface area contributed by atoms with Crippen molar-refractivity contribution in [1.29, 1.82) is 0 Å². The van der Waals surface area contributed by atoms with Crippen LogP contribution in [0.5, 0.6) is 0 Å². The Morgan fingerprint density at radius 1 is 1.05 bits per heavy atom. The van der Waals surface area contributed by atoms with Crippen LogP contribution in [0.2, 0.25) is 5.02 Å². The molecule has 1 fully saturated rings. The Labute approximate surface area is 126 Å². The van der Waals surface area contributed by atoms with Gasteiger partial charge in [0.05, 0.1) is 5.69 Å². The summed E-state index contributed by atoms with van der Waals surface area (Å²) in [6.45, 7) is 0. The lowest BCUT2D eigenvalue weighted by atomic mass is 10.1. The summed E-state index contributed by atoms with van der Waals surface area (Å²) in [7, 11) is 0. The highest BCUT2D eigenvalue weighted by Crippen LogP contribution is 2.35. The molecule has 2 aromatic carbocycles. The number of thioether (sulfide) groups is 1. The Balaban J connectivity index is 1.81. The van der Waals surface area contributed by atoms with E-state index in [0.717, 1.165) is 11.3 Å². The fraction of sp³-hybridized carbons (Fsp3) is 0.0667. The summed E-state index contributed by atoms with van der Waals surface area (Å²) in [4.78, 5) is 16.4. The number of amides is 1. The number of halogens is 1. The highest BCUT2D eigenvalue weighted by atomic mass is 35.5. The van der Waals surface area contributed by atoms with E-state index < -0.39 is 0 Å². The number of amidine groups is 1. The lowest BCUT2D eigenvalue weighted by Crippen LogP contribution is -2.21. The molecule has 1 aliphatic rings. The molecule has 0 radical (unpaired) electrons. The van der Waals surface area contributed by atoms with Crippen LogP contribution in [-0.2, 0) is 4.79 Å². The van der Waals surface area contributed by atoms with E-state index >= 15 is 0 Å². The summed E-state index contributed by atoms with van der Waals surface area (Å²) in [5.41, 5.74) is 1.75. The molecule has 5 heteroatoms. The maximum atomic E-state index is 12.0. The predicted molar refractivity (Wildman–Crippen MR) is 83.5 cm³/mol. The first-order valence-corrected chi connectivity index (χ1v) is 7.35. The monoisotopic (exact) mass is 302 g/mol. The molecule has 0 aliphatic carbocycles. The van der Waals surface area contributed by atoms with E-state index in [4.69, 9.17) is 11.6 Å². The van der Waals surface area contributed by atoms with Crippen molar-refractivity contribution in [2.24, 2.45) is 4.99 Å². The van der Waals surface area contributed by atoms with Crippen LogP contribution < -0.4 is 5.32 Å². The summed E-state index contributed by atoms with van der Waals surface area (Å²) in [6, 6.07) is 16.9. The first kappa shape index (κ1) is 13.2. The fourth-order valence-corrected chi connectivity index (χ4v) is 3.03. The molecule has 1 heterocycles. The van der Waals surface area contributed by atoms with Crippen LogP contribution in [0.1, 0.15) is 10.8 Å². The zero-order valence-corrected chi connectivity index (χ0v) is 12.0. The van der Waals surface area contributed by atoms with Crippen LogP contribution in [-0.4, -0.2) is 11.1 Å². The van der Waals surface area contributed by atoms with Crippen molar-refractivity contribution in [2.45, 2.75) is 5.25 Å². The van der Waals surface area contributed by atoms with Crippen molar-refractivity contribution in [2.75, 3.05) is 0 Å². The maximum absolute atomic E-state index is 12.0. The second-order valence-corrected chi connectivity index (χ2v) is 5.82. The number of rotatable bonds is 2. The van der Waals surface area contributed by atoms with Gasteiger partial charge >= 0.3 is 0 Å². The van der Waals surface area contributed by atoms with Crippen LogP contribution in [0.4, 0.5) is 5.69 Å². The lowest BCUT2D eigenvalue weighted by molar-refractivity contribution is -0.118. The molecule has 0 bridgehead atoms. The zero-order valence-electron chi connectivity index (χ0n) is 10.4. The maximum Gasteiger partial charge on any atom is 0.244 e. The molecule has 0 aromatic heterocycles. The molecule has 3 nitrogen and oxygen atoms in total. The van der Waals surface area contributed by atoms with E-state index in [1.165, 1.54) is 11.8 Å². The minimum absolute atomic E-state index is 0.0334. The van der Waals surface area contributed by atoms with E-state index in [9.17, 15) is 4.79 Å². The Kier molecular flexibility index (Phi) is 3.76. The second kappa shape index (κ2) is 5.69. The molecule has 1 atom stereocenters. The van der Waals surface area contributed by atoms with Gasteiger partial charge in [0.1, 0.15) is 5.25 Å². The number of aliphatic imine (C=N–C) groups is 1. The van der Waals surface area contributed by atoms with Gasteiger partial charge in [-0.2, -0.15) is 0 Å². The van der Waals surface area contributed by atoms with Gasteiger partial charge in [-0.15, -0.1) is 0 Å². The standard InChI is InChI=1S/C15H11ClN2OS/c16-11-6-8-12(9-7-11)17-15-18-14(19)13(20-15)10-4-2-1-3-5-10/h1-9,13H,(H,17,18,19). The van der Waals surface area contributed by atoms with E-state index in [2.05, 4.69) is 10.3 Å². The number of nitrogens with zero attached hydrogens (tertiary/aromatic N) is 1. The van der Waals surface area contributed by atoms with Gasteiger partial charge in [-0.25, -0.2) is 4.99 Å². The Morgan fingerprint density at radius 2 is 1.75 bits per heavy atom. The molecule has 1 amide bonds. The Morgan fingerprint density at radius 3 is 2.45 bits per heavy atom. The van der Waals surface area contributed by atoms with E-state index in [1.54, 1.807) is 12.1 Å². The van der Waals surface area contributed by atoms with Crippen molar-refractivity contribution in [3.8, 4) is 0 Å². The van der Waals surface area contributed by atoms with E-state index in [1.807, 2.05) is 42.5 Å². The molecule has 1 unspecified atom stereocenters. The summed E-state index contributed by atoms with van der Waals surface area (Å²) >= 11 is 7.26.